The molecule has 4 aromatic rings. The minimum absolute atomic E-state index is 0.144. The highest BCUT2D eigenvalue weighted by molar-refractivity contribution is 5.92. The fourth-order valence-corrected chi connectivity index (χ4v) is 3.17. The first-order chi connectivity index (χ1) is 14.1. The van der Waals surface area contributed by atoms with Crippen molar-refractivity contribution in [2.24, 2.45) is 0 Å². The van der Waals surface area contributed by atoms with Gasteiger partial charge in [-0.05, 0) is 42.8 Å². The molecule has 0 fully saturated rings. The van der Waals surface area contributed by atoms with Crippen LogP contribution >= 0.6 is 0 Å². The number of nitriles is 1. The number of carbonyl (C=O) groups excluding carboxylic acids is 1. The summed E-state index contributed by atoms with van der Waals surface area (Å²) in [4.78, 5) is 25.3. The lowest BCUT2D eigenvalue weighted by atomic mass is 10.0. The molecule has 3 aromatic carbocycles. The lowest BCUT2D eigenvalue weighted by Gasteiger charge is -2.09. The van der Waals surface area contributed by atoms with Crippen LogP contribution in [0, 0.1) is 18.3 Å². The molecule has 0 aliphatic heterocycles. The molecule has 0 aliphatic rings. The largest absolute Gasteiger partial charge is 0.460 e. The van der Waals surface area contributed by atoms with Crippen molar-refractivity contribution in [3.05, 3.63) is 99.9 Å². The van der Waals surface area contributed by atoms with Crippen LogP contribution in [0.15, 0.2) is 82.0 Å². The smallest absolute Gasteiger partial charge is 0.343 e. The van der Waals surface area contributed by atoms with Crippen LogP contribution in [0.3, 0.4) is 0 Å². The number of hydrogen-bond donors (Lipinski definition) is 0. The van der Waals surface area contributed by atoms with E-state index in [1.807, 2.05) is 36.4 Å². The van der Waals surface area contributed by atoms with Gasteiger partial charge in [0.15, 0.2) is 0 Å². The zero-order valence-electron chi connectivity index (χ0n) is 15.5. The molecule has 1 aromatic heterocycles. The van der Waals surface area contributed by atoms with E-state index in [1.165, 1.54) is 12.1 Å². The number of benzene rings is 3. The van der Waals surface area contributed by atoms with E-state index in [1.54, 1.807) is 37.3 Å². The van der Waals surface area contributed by atoms with Crippen LogP contribution in [0.2, 0.25) is 0 Å². The molecule has 140 valence electrons. The molecule has 5 heteroatoms. The minimum atomic E-state index is -0.596. The normalized spacial score (nSPS) is 10.5. The number of hydrogen-bond acceptors (Lipinski definition) is 5. The van der Waals surface area contributed by atoms with Crippen molar-refractivity contribution in [2.75, 3.05) is 0 Å². The Balaban J connectivity index is 1.71. The predicted molar refractivity (Wildman–Crippen MR) is 109 cm³/mol. The maximum absolute atomic E-state index is 13.0. The van der Waals surface area contributed by atoms with Crippen LogP contribution in [0.25, 0.3) is 22.1 Å². The molecule has 0 bridgehead atoms. The Kier molecular flexibility index (Phi) is 4.68. The standard InChI is InChI=1S/C24H15NO4/c1-15-22(17-7-3-2-4-8-17)23(26)20-11-10-19(13-21(20)28-15)29-24(27)18-9-5-6-16(12-18)14-25/h2-13H,1H3. The van der Waals surface area contributed by atoms with Gasteiger partial charge in [-0.15, -0.1) is 0 Å². The SMILES string of the molecule is Cc1oc2cc(OC(=O)c3cccc(C#N)c3)ccc2c(=O)c1-c1ccccc1. The Morgan fingerprint density at radius 1 is 1.00 bits per heavy atom. The van der Waals surface area contributed by atoms with Gasteiger partial charge in [0.05, 0.1) is 28.1 Å². The third kappa shape index (κ3) is 3.52. The van der Waals surface area contributed by atoms with Crippen molar-refractivity contribution >= 4 is 16.9 Å². The molecule has 0 spiro atoms. The van der Waals surface area contributed by atoms with Crippen molar-refractivity contribution in [1.29, 1.82) is 5.26 Å². The lowest BCUT2D eigenvalue weighted by molar-refractivity contribution is 0.0735. The second kappa shape index (κ2) is 7.45. The van der Waals surface area contributed by atoms with Gasteiger partial charge in [-0.25, -0.2) is 4.79 Å². The Hall–Kier alpha value is -4.17. The highest BCUT2D eigenvalue weighted by Crippen LogP contribution is 2.26. The average Bonchev–Trinajstić information content (AvgIpc) is 2.74. The first kappa shape index (κ1) is 18.2. The number of aryl methyl sites for hydroxylation is 1. The molecule has 1 heterocycles. The van der Waals surface area contributed by atoms with Gasteiger partial charge in [-0.2, -0.15) is 5.26 Å². The fraction of sp³-hybridized carbons (Fsp3) is 0.0417. The molecular formula is C24H15NO4. The molecule has 0 saturated carbocycles. The molecular weight excluding hydrogens is 366 g/mol. The summed E-state index contributed by atoms with van der Waals surface area (Å²) in [5, 5.41) is 9.37. The summed E-state index contributed by atoms with van der Waals surface area (Å²) >= 11 is 0. The predicted octanol–water partition coefficient (Wildman–Crippen LogP) is 4.86. The Morgan fingerprint density at radius 2 is 1.79 bits per heavy atom. The van der Waals surface area contributed by atoms with Gasteiger partial charge in [-0.3, -0.25) is 4.79 Å². The van der Waals surface area contributed by atoms with Gasteiger partial charge >= 0.3 is 5.97 Å². The third-order valence-electron chi connectivity index (χ3n) is 4.54. The molecule has 4 rings (SSSR count). The molecule has 0 saturated heterocycles. The Morgan fingerprint density at radius 3 is 2.55 bits per heavy atom. The van der Waals surface area contributed by atoms with Crippen LogP contribution in [-0.4, -0.2) is 5.97 Å². The first-order valence-electron chi connectivity index (χ1n) is 8.92. The van der Waals surface area contributed by atoms with E-state index >= 15 is 0 Å². The molecule has 0 aliphatic carbocycles. The monoisotopic (exact) mass is 381 g/mol. The highest BCUT2D eigenvalue weighted by atomic mass is 16.5. The number of rotatable bonds is 3. The summed E-state index contributed by atoms with van der Waals surface area (Å²) in [5.74, 6) is 0.139. The van der Waals surface area contributed by atoms with Crippen molar-refractivity contribution in [1.82, 2.24) is 0 Å². The van der Waals surface area contributed by atoms with Crippen molar-refractivity contribution < 1.29 is 13.9 Å². The van der Waals surface area contributed by atoms with Crippen LogP contribution in [0.4, 0.5) is 0 Å². The number of esters is 1. The second-order valence-corrected chi connectivity index (χ2v) is 6.47. The van der Waals surface area contributed by atoms with E-state index in [2.05, 4.69) is 0 Å². The van der Waals surface area contributed by atoms with E-state index in [0.717, 1.165) is 5.56 Å². The maximum Gasteiger partial charge on any atom is 0.343 e. The molecule has 0 unspecified atom stereocenters. The minimum Gasteiger partial charge on any atom is -0.460 e. The number of ether oxygens (including phenoxy) is 1. The molecule has 0 radical (unpaired) electrons. The lowest BCUT2D eigenvalue weighted by Crippen LogP contribution is -2.10. The Bertz CT molecular complexity index is 1330. The van der Waals surface area contributed by atoms with Crippen LogP contribution in [-0.2, 0) is 0 Å². The first-order valence-corrected chi connectivity index (χ1v) is 8.92. The summed E-state index contributed by atoms with van der Waals surface area (Å²) in [6.45, 7) is 1.73. The van der Waals surface area contributed by atoms with E-state index in [-0.39, 0.29) is 16.7 Å². The van der Waals surface area contributed by atoms with Crippen LogP contribution in [0.1, 0.15) is 21.7 Å². The van der Waals surface area contributed by atoms with Crippen molar-refractivity contribution in [3.8, 4) is 22.9 Å². The quantitative estimate of drug-likeness (QED) is 0.374. The second-order valence-electron chi connectivity index (χ2n) is 6.47. The van der Waals surface area contributed by atoms with Gasteiger partial charge < -0.3 is 9.15 Å². The summed E-state index contributed by atoms with van der Waals surface area (Å²) in [6, 6.07) is 22.2. The summed E-state index contributed by atoms with van der Waals surface area (Å²) in [5.41, 5.74) is 2.12. The number of carbonyl (C=O) groups is 1. The average molecular weight is 381 g/mol. The van der Waals surface area contributed by atoms with E-state index in [4.69, 9.17) is 14.4 Å². The molecule has 0 amide bonds. The molecule has 0 N–H and O–H groups in total. The van der Waals surface area contributed by atoms with E-state index < -0.39 is 5.97 Å². The van der Waals surface area contributed by atoms with Crippen LogP contribution in [0.5, 0.6) is 5.75 Å². The topological polar surface area (TPSA) is 80.3 Å². The number of fused-ring (bicyclic) bond motifs is 1. The maximum atomic E-state index is 13.0. The third-order valence-corrected chi connectivity index (χ3v) is 4.54. The van der Waals surface area contributed by atoms with Crippen molar-refractivity contribution in [3.63, 3.8) is 0 Å². The van der Waals surface area contributed by atoms with Gasteiger partial charge in [-0.1, -0.05) is 36.4 Å². The van der Waals surface area contributed by atoms with E-state index in [9.17, 15) is 9.59 Å². The summed E-state index contributed by atoms with van der Waals surface area (Å²) in [7, 11) is 0. The highest BCUT2D eigenvalue weighted by Gasteiger charge is 2.15. The Labute approximate surface area is 166 Å². The number of nitrogens with zero attached hydrogens (tertiary/aromatic N) is 1. The zero-order chi connectivity index (χ0) is 20.4. The zero-order valence-corrected chi connectivity index (χ0v) is 15.5. The molecule has 29 heavy (non-hydrogen) atoms. The van der Waals surface area contributed by atoms with Gasteiger partial charge in [0.25, 0.3) is 0 Å². The van der Waals surface area contributed by atoms with Gasteiger partial charge in [0.2, 0.25) is 5.43 Å². The van der Waals surface area contributed by atoms with Gasteiger partial charge in [0, 0.05) is 6.07 Å². The summed E-state index contributed by atoms with van der Waals surface area (Å²) in [6.07, 6.45) is 0. The molecule has 0 atom stereocenters. The summed E-state index contributed by atoms with van der Waals surface area (Å²) < 4.78 is 11.3. The fourth-order valence-electron chi connectivity index (χ4n) is 3.17. The van der Waals surface area contributed by atoms with Gasteiger partial charge in [0.1, 0.15) is 17.1 Å². The molecule has 5 nitrogen and oxygen atoms in total. The van der Waals surface area contributed by atoms with E-state index in [0.29, 0.717) is 27.9 Å². The van der Waals surface area contributed by atoms with Crippen LogP contribution < -0.4 is 10.2 Å². The van der Waals surface area contributed by atoms with Crippen molar-refractivity contribution in [2.45, 2.75) is 6.92 Å².